The first kappa shape index (κ1) is 21.5. The van der Waals surface area contributed by atoms with Gasteiger partial charge in [0.1, 0.15) is 0 Å². The van der Waals surface area contributed by atoms with Crippen molar-refractivity contribution < 1.29 is 26.6 Å². The molecule has 0 amide bonds. The zero-order valence-corrected chi connectivity index (χ0v) is 17.8. The van der Waals surface area contributed by atoms with Crippen LogP contribution in [0, 0.1) is 0 Å². The molecule has 0 saturated heterocycles. The Kier molecular flexibility index (Phi) is 8.75. The van der Waals surface area contributed by atoms with E-state index in [1.165, 1.54) is 5.56 Å². The Morgan fingerprint density at radius 1 is 0.833 bits per heavy atom. The van der Waals surface area contributed by atoms with Gasteiger partial charge in [0.2, 0.25) is 0 Å². The van der Waals surface area contributed by atoms with Crippen LogP contribution < -0.4 is 0 Å². The molecule has 0 saturated carbocycles. The lowest BCUT2D eigenvalue weighted by atomic mass is 10.1. The quantitative estimate of drug-likeness (QED) is 0.555. The van der Waals surface area contributed by atoms with Crippen LogP contribution in [0.5, 0.6) is 0 Å². The summed E-state index contributed by atoms with van der Waals surface area (Å²) in [5.74, 6) is 0. The van der Waals surface area contributed by atoms with E-state index in [0.29, 0.717) is 0 Å². The highest BCUT2D eigenvalue weighted by atomic mass is 28.4. The summed E-state index contributed by atoms with van der Waals surface area (Å²) in [4.78, 5) is 0. The van der Waals surface area contributed by atoms with Crippen molar-refractivity contribution >= 4 is 17.6 Å². The van der Waals surface area contributed by atoms with E-state index in [9.17, 15) is 0 Å². The zero-order valence-electron chi connectivity index (χ0n) is 15.8. The standard InChI is InChI=1S/C16H30O6Si2/c1-14(24(20-5,21-6)22-7)16-10-8-9-15(13-16)11-12-23(17-2,18-3)19-4/h8-10,13-14H,11-12H2,1-7H3. The van der Waals surface area contributed by atoms with Crippen LogP contribution in [-0.2, 0) is 33.0 Å². The fourth-order valence-corrected chi connectivity index (χ4v) is 6.71. The van der Waals surface area contributed by atoms with Gasteiger partial charge in [-0.2, -0.15) is 0 Å². The summed E-state index contributed by atoms with van der Waals surface area (Å²) < 4.78 is 33.3. The molecule has 0 aliphatic rings. The molecule has 0 aromatic heterocycles. The largest absolute Gasteiger partial charge is 0.507 e. The summed E-state index contributed by atoms with van der Waals surface area (Å²) in [6, 6.07) is 9.07. The van der Waals surface area contributed by atoms with Crippen LogP contribution in [0.4, 0.5) is 0 Å². The van der Waals surface area contributed by atoms with Gasteiger partial charge in [0.05, 0.1) is 5.54 Å². The number of benzene rings is 1. The second kappa shape index (κ2) is 9.78. The van der Waals surface area contributed by atoms with E-state index in [1.807, 2.05) is 6.07 Å². The Balaban J connectivity index is 2.94. The molecule has 0 aliphatic heterocycles. The van der Waals surface area contributed by atoms with E-state index in [-0.39, 0.29) is 5.54 Å². The molecular formula is C16H30O6Si2. The van der Waals surface area contributed by atoms with Gasteiger partial charge < -0.3 is 26.6 Å². The summed E-state index contributed by atoms with van der Waals surface area (Å²) in [6.45, 7) is 2.07. The molecule has 138 valence electrons. The molecule has 8 heteroatoms. The first-order chi connectivity index (χ1) is 11.5. The molecule has 1 rings (SSSR count). The Hall–Kier alpha value is -0.586. The fourth-order valence-electron chi connectivity index (χ4n) is 2.86. The van der Waals surface area contributed by atoms with E-state index >= 15 is 0 Å². The van der Waals surface area contributed by atoms with Crippen LogP contribution in [0.1, 0.15) is 23.6 Å². The number of hydrogen-bond acceptors (Lipinski definition) is 6. The molecule has 0 N–H and O–H groups in total. The van der Waals surface area contributed by atoms with Crippen molar-refractivity contribution in [2.75, 3.05) is 42.7 Å². The van der Waals surface area contributed by atoms with Gasteiger partial charge in [0.15, 0.2) is 0 Å². The van der Waals surface area contributed by atoms with Gasteiger partial charge in [-0.3, -0.25) is 0 Å². The molecule has 1 atom stereocenters. The number of aryl methyl sites for hydroxylation is 1. The highest BCUT2D eigenvalue weighted by Crippen LogP contribution is 2.29. The topological polar surface area (TPSA) is 55.4 Å². The molecule has 1 aromatic carbocycles. The highest BCUT2D eigenvalue weighted by molar-refractivity contribution is 6.62. The van der Waals surface area contributed by atoms with Crippen molar-refractivity contribution in [2.45, 2.75) is 24.9 Å². The maximum absolute atomic E-state index is 5.60. The molecule has 1 unspecified atom stereocenters. The van der Waals surface area contributed by atoms with E-state index in [0.717, 1.165) is 18.0 Å². The van der Waals surface area contributed by atoms with Crippen LogP contribution in [0.2, 0.25) is 6.04 Å². The smallest absolute Gasteiger partial charge is 0.377 e. The van der Waals surface area contributed by atoms with E-state index < -0.39 is 17.6 Å². The lowest BCUT2D eigenvalue weighted by Gasteiger charge is -2.30. The fraction of sp³-hybridized carbons (Fsp3) is 0.625. The lowest BCUT2D eigenvalue weighted by molar-refractivity contribution is 0.114. The molecule has 24 heavy (non-hydrogen) atoms. The number of hydrogen-bond donors (Lipinski definition) is 0. The Morgan fingerprint density at radius 2 is 1.38 bits per heavy atom. The van der Waals surface area contributed by atoms with Crippen molar-refractivity contribution in [2.24, 2.45) is 0 Å². The first-order valence-corrected chi connectivity index (χ1v) is 11.6. The average molecular weight is 375 g/mol. The highest BCUT2D eigenvalue weighted by Gasteiger charge is 2.45. The van der Waals surface area contributed by atoms with Crippen molar-refractivity contribution in [1.29, 1.82) is 0 Å². The SMILES string of the molecule is CO[Si](CCc1cccc(C(C)[Si](OC)(OC)OC)c1)(OC)OC. The van der Waals surface area contributed by atoms with Gasteiger partial charge in [-0.15, -0.1) is 0 Å². The first-order valence-electron chi connectivity index (χ1n) is 7.86. The molecule has 6 nitrogen and oxygen atoms in total. The summed E-state index contributed by atoms with van der Waals surface area (Å²) in [6.07, 6.45) is 0.809. The maximum atomic E-state index is 5.60. The molecule has 0 bridgehead atoms. The third-order valence-corrected chi connectivity index (χ3v) is 10.3. The Bertz CT molecular complexity index is 475. The van der Waals surface area contributed by atoms with Gasteiger partial charge in [0, 0.05) is 48.7 Å². The van der Waals surface area contributed by atoms with Crippen molar-refractivity contribution in [3.8, 4) is 0 Å². The minimum Gasteiger partial charge on any atom is -0.377 e. The molecule has 0 fully saturated rings. The summed E-state index contributed by atoms with van der Waals surface area (Å²) >= 11 is 0. The van der Waals surface area contributed by atoms with Gasteiger partial charge in [-0.05, 0) is 17.5 Å². The van der Waals surface area contributed by atoms with Crippen LogP contribution in [0.3, 0.4) is 0 Å². The van der Waals surface area contributed by atoms with E-state index in [1.54, 1.807) is 42.7 Å². The normalized spacial score (nSPS) is 14.0. The van der Waals surface area contributed by atoms with Crippen LogP contribution >= 0.6 is 0 Å². The molecule has 0 heterocycles. The van der Waals surface area contributed by atoms with Crippen LogP contribution in [0.25, 0.3) is 0 Å². The van der Waals surface area contributed by atoms with Gasteiger partial charge in [-0.1, -0.05) is 31.2 Å². The predicted octanol–water partition coefficient (Wildman–Crippen LogP) is 2.63. The minimum atomic E-state index is -2.73. The lowest BCUT2D eigenvalue weighted by Crippen LogP contribution is -2.48. The van der Waals surface area contributed by atoms with Gasteiger partial charge in [0.25, 0.3) is 0 Å². The molecule has 0 spiro atoms. The van der Waals surface area contributed by atoms with Crippen molar-refractivity contribution in [3.63, 3.8) is 0 Å². The molecule has 0 aliphatic carbocycles. The third-order valence-electron chi connectivity index (χ3n) is 4.49. The predicted molar refractivity (Wildman–Crippen MR) is 96.9 cm³/mol. The Labute approximate surface area is 147 Å². The Morgan fingerprint density at radius 3 is 1.83 bits per heavy atom. The van der Waals surface area contributed by atoms with E-state index in [2.05, 4.69) is 25.1 Å². The maximum Gasteiger partial charge on any atom is 0.507 e. The second-order valence-electron chi connectivity index (χ2n) is 5.48. The van der Waals surface area contributed by atoms with Crippen LogP contribution in [-0.4, -0.2) is 60.3 Å². The van der Waals surface area contributed by atoms with Gasteiger partial charge >= 0.3 is 17.6 Å². The minimum absolute atomic E-state index is 0.0340. The van der Waals surface area contributed by atoms with Gasteiger partial charge in [-0.25, -0.2) is 0 Å². The summed E-state index contributed by atoms with van der Waals surface area (Å²) in [7, 11) is 4.50. The second-order valence-corrected chi connectivity index (χ2v) is 11.9. The van der Waals surface area contributed by atoms with Crippen molar-refractivity contribution in [1.82, 2.24) is 0 Å². The zero-order chi connectivity index (χ0) is 18.2. The monoisotopic (exact) mass is 374 g/mol. The van der Waals surface area contributed by atoms with Crippen molar-refractivity contribution in [3.05, 3.63) is 35.4 Å². The van der Waals surface area contributed by atoms with Crippen LogP contribution in [0.15, 0.2) is 24.3 Å². The summed E-state index contributed by atoms with van der Waals surface area (Å²) in [5.41, 5.74) is 2.35. The average Bonchev–Trinajstić information content (AvgIpc) is 2.65. The van der Waals surface area contributed by atoms with E-state index in [4.69, 9.17) is 26.6 Å². The number of rotatable bonds is 11. The molecular weight excluding hydrogens is 344 g/mol. The molecule has 1 aromatic rings. The third kappa shape index (κ3) is 4.73. The molecule has 0 radical (unpaired) electrons. The summed E-state index contributed by atoms with van der Waals surface area (Å²) in [5, 5.41) is 0.